The van der Waals surface area contributed by atoms with Gasteiger partial charge in [-0.1, -0.05) is 37.6 Å². The molecule has 0 radical (unpaired) electrons. The third-order valence-corrected chi connectivity index (χ3v) is 2.37. The van der Waals surface area contributed by atoms with Crippen LogP contribution in [0.4, 0.5) is 4.39 Å². The summed E-state index contributed by atoms with van der Waals surface area (Å²) in [5, 5.41) is 0. The fourth-order valence-electron chi connectivity index (χ4n) is 1.47. The van der Waals surface area contributed by atoms with Gasteiger partial charge < -0.3 is 0 Å². The summed E-state index contributed by atoms with van der Waals surface area (Å²) >= 11 is 0. The molecular formula is C12H17F. The lowest BCUT2D eigenvalue weighted by molar-refractivity contribution is 0.447. The summed E-state index contributed by atoms with van der Waals surface area (Å²) < 4.78 is 12.4. The molecule has 1 heteroatoms. The molecule has 0 spiro atoms. The van der Waals surface area contributed by atoms with E-state index < -0.39 is 0 Å². The Hall–Kier alpha value is -0.850. The van der Waals surface area contributed by atoms with Crippen molar-refractivity contribution >= 4 is 0 Å². The molecule has 0 nitrogen and oxygen atoms in total. The Labute approximate surface area is 79.8 Å². The van der Waals surface area contributed by atoms with Gasteiger partial charge in [-0.25, -0.2) is 0 Å². The molecule has 0 fully saturated rings. The Kier molecular flexibility index (Phi) is 3.47. The maximum Gasteiger partial charge on any atom is 0.0960 e. The Bertz CT molecular complexity index is 278. The molecule has 0 N–H and O–H groups in total. The molecule has 0 aliphatic rings. The molecule has 1 unspecified atom stereocenters. The van der Waals surface area contributed by atoms with E-state index in [0.29, 0.717) is 0 Å². The molecule has 0 amide bonds. The van der Waals surface area contributed by atoms with E-state index in [2.05, 4.69) is 32.0 Å². The van der Waals surface area contributed by atoms with E-state index in [1.54, 1.807) is 0 Å². The summed E-state index contributed by atoms with van der Waals surface area (Å²) in [5.74, 6) is 0.0326. The van der Waals surface area contributed by atoms with Crippen molar-refractivity contribution in [3.8, 4) is 0 Å². The number of halogens is 1. The van der Waals surface area contributed by atoms with Crippen molar-refractivity contribution < 1.29 is 4.39 Å². The molecule has 1 aromatic carbocycles. The summed E-state index contributed by atoms with van der Waals surface area (Å²) in [7, 11) is 0. The van der Waals surface area contributed by atoms with Crippen LogP contribution in [0.3, 0.4) is 0 Å². The minimum absolute atomic E-state index is 0.0326. The maximum absolute atomic E-state index is 12.4. The van der Waals surface area contributed by atoms with Gasteiger partial charge in [-0.2, -0.15) is 0 Å². The van der Waals surface area contributed by atoms with Gasteiger partial charge in [0.2, 0.25) is 0 Å². The van der Waals surface area contributed by atoms with Crippen LogP contribution in [-0.4, -0.2) is 6.67 Å². The summed E-state index contributed by atoms with van der Waals surface area (Å²) in [6.07, 6.45) is 1.02. The molecule has 13 heavy (non-hydrogen) atoms. The first-order valence-corrected chi connectivity index (χ1v) is 4.83. The van der Waals surface area contributed by atoms with Crippen LogP contribution in [0.25, 0.3) is 0 Å². The first kappa shape index (κ1) is 10.2. The van der Waals surface area contributed by atoms with Crippen molar-refractivity contribution in [2.45, 2.75) is 33.1 Å². The van der Waals surface area contributed by atoms with Crippen LogP contribution in [-0.2, 0) is 6.42 Å². The largest absolute Gasteiger partial charge is 0.250 e. The van der Waals surface area contributed by atoms with Crippen LogP contribution < -0.4 is 0 Å². The van der Waals surface area contributed by atoms with Crippen LogP contribution in [0, 0.1) is 6.92 Å². The zero-order valence-corrected chi connectivity index (χ0v) is 8.60. The monoisotopic (exact) mass is 180 g/mol. The average molecular weight is 180 g/mol. The highest BCUT2D eigenvalue weighted by Crippen LogP contribution is 2.19. The summed E-state index contributed by atoms with van der Waals surface area (Å²) in [6, 6.07) is 6.34. The number of hydrogen-bond donors (Lipinski definition) is 0. The van der Waals surface area contributed by atoms with Crippen molar-refractivity contribution in [2.24, 2.45) is 0 Å². The van der Waals surface area contributed by atoms with E-state index in [9.17, 15) is 4.39 Å². The van der Waals surface area contributed by atoms with Crippen molar-refractivity contribution in [3.63, 3.8) is 0 Å². The predicted molar refractivity (Wildman–Crippen MR) is 54.9 cm³/mol. The molecule has 0 aliphatic heterocycles. The van der Waals surface area contributed by atoms with Gasteiger partial charge in [0.15, 0.2) is 0 Å². The predicted octanol–water partition coefficient (Wildman–Crippen LogP) is 3.63. The molecule has 0 aliphatic carbocycles. The van der Waals surface area contributed by atoms with Crippen molar-refractivity contribution in [3.05, 3.63) is 34.9 Å². The second-order valence-corrected chi connectivity index (χ2v) is 3.66. The smallest absolute Gasteiger partial charge is 0.0960 e. The normalized spacial score (nSPS) is 12.9. The maximum atomic E-state index is 12.4. The quantitative estimate of drug-likeness (QED) is 0.666. The molecule has 0 saturated heterocycles. The lowest BCUT2D eigenvalue weighted by Gasteiger charge is -2.10. The SMILES string of the molecule is CCc1cc(C)cc(C(C)CF)c1. The van der Waals surface area contributed by atoms with Gasteiger partial charge in [-0.05, 0) is 24.5 Å². The summed E-state index contributed by atoms with van der Waals surface area (Å²) in [6.45, 7) is 5.84. The van der Waals surface area contributed by atoms with Gasteiger partial charge in [-0.3, -0.25) is 4.39 Å². The molecule has 0 aromatic heterocycles. The number of aryl methyl sites for hydroxylation is 2. The third-order valence-electron chi connectivity index (χ3n) is 2.37. The minimum atomic E-state index is -0.271. The van der Waals surface area contributed by atoms with Crippen LogP contribution in [0.1, 0.15) is 36.5 Å². The molecule has 72 valence electrons. The van der Waals surface area contributed by atoms with Crippen molar-refractivity contribution in [1.29, 1.82) is 0 Å². The lowest BCUT2D eigenvalue weighted by atomic mass is 9.97. The Balaban J connectivity index is 3.01. The Morgan fingerprint density at radius 1 is 1.31 bits per heavy atom. The number of rotatable bonds is 3. The van der Waals surface area contributed by atoms with Gasteiger partial charge in [0, 0.05) is 5.92 Å². The van der Waals surface area contributed by atoms with Gasteiger partial charge in [0.1, 0.15) is 0 Å². The average Bonchev–Trinajstić information content (AvgIpc) is 2.15. The van der Waals surface area contributed by atoms with E-state index in [0.717, 1.165) is 12.0 Å². The summed E-state index contributed by atoms with van der Waals surface area (Å²) in [5.41, 5.74) is 3.66. The van der Waals surface area contributed by atoms with Crippen molar-refractivity contribution in [2.75, 3.05) is 6.67 Å². The second kappa shape index (κ2) is 4.40. The highest BCUT2D eigenvalue weighted by Gasteiger charge is 2.05. The van der Waals surface area contributed by atoms with Crippen LogP contribution >= 0.6 is 0 Å². The first-order valence-electron chi connectivity index (χ1n) is 4.83. The molecule has 0 saturated carbocycles. The molecule has 1 rings (SSSR count). The topological polar surface area (TPSA) is 0 Å². The number of hydrogen-bond acceptors (Lipinski definition) is 0. The number of alkyl halides is 1. The standard InChI is InChI=1S/C12H17F/c1-4-11-5-9(2)6-12(7-11)10(3)8-13/h5-7,10H,4,8H2,1-3H3. The summed E-state index contributed by atoms with van der Waals surface area (Å²) in [4.78, 5) is 0. The van der Waals surface area contributed by atoms with Crippen LogP contribution in [0.15, 0.2) is 18.2 Å². The zero-order chi connectivity index (χ0) is 9.84. The van der Waals surface area contributed by atoms with Gasteiger partial charge in [-0.15, -0.1) is 0 Å². The van der Waals surface area contributed by atoms with E-state index in [4.69, 9.17) is 0 Å². The lowest BCUT2D eigenvalue weighted by Crippen LogP contribution is -1.97. The molecular weight excluding hydrogens is 163 g/mol. The highest BCUT2D eigenvalue weighted by molar-refractivity contribution is 5.31. The van der Waals surface area contributed by atoms with Gasteiger partial charge >= 0.3 is 0 Å². The fourth-order valence-corrected chi connectivity index (χ4v) is 1.47. The van der Waals surface area contributed by atoms with Gasteiger partial charge in [0.25, 0.3) is 0 Å². The van der Waals surface area contributed by atoms with Crippen molar-refractivity contribution in [1.82, 2.24) is 0 Å². The molecule has 1 atom stereocenters. The second-order valence-electron chi connectivity index (χ2n) is 3.66. The number of benzene rings is 1. The van der Waals surface area contributed by atoms with E-state index >= 15 is 0 Å². The fraction of sp³-hybridized carbons (Fsp3) is 0.500. The van der Waals surface area contributed by atoms with E-state index in [1.807, 2.05) is 6.92 Å². The zero-order valence-electron chi connectivity index (χ0n) is 8.60. The first-order chi connectivity index (χ1) is 6.17. The van der Waals surface area contributed by atoms with Crippen LogP contribution in [0.5, 0.6) is 0 Å². The minimum Gasteiger partial charge on any atom is -0.250 e. The van der Waals surface area contributed by atoms with Gasteiger partial charge in [0.05, 0.1) is 6.67 Å². The Morgan fingerprint density at radius 2 is 2.00 bits per heavy atom. The van der Waals surface area contributed by atoms with E-state index in [1.165, 1.54) is 11.1 Å². The van der Waals surface area contributed by atoms with E-state index in [-0.39, 0.29) is 12.6 Å². The molecule has 0 bridgehead atoms. The Morgan fingerprint density at radius 3 is 2.54 bits per heavy atom. The molecule has 0 heterocycles. The van der Waals surface area contributed by atoms with Crippen LogP contribution in [0.2, 0.25) is 0 Å². The highest BCUT2D eigenvalue weighted by atomic mass is 19.1. The molecule has 1 aromatic rings. The third kappa shape index (κ3) is 2.55.